The van der Waals surface area contributed by atoms with Crippen LogP contribution in [0.15, 0.2) is 48.8 Å². The number of hydrogen-bond donors (Lipinski definition) is 0. The molecule has 0 fully saturated rings. The Hall–Kier alpha value is -2.42. The van der Waals surface area contributed by atoms with Gasteiger partial charge in [0.1, 0.15) is 5.65 Å². The van der Waals surface area contributed by atoms with Crippen LogP contribution < -0.4 is 0 Å². The number of nitrogens with zero attached hydrogens (tertiary/aromatic N) is 2. The van der Waals surface area contributed by atoms with Crippen molar-refractivity contribution in [3.8, 4) is 0 Å². The molecule has 0 saturated heterocycles. The number of imidazole rings is 1. The SMILES string of the molecule is O=C1C=CCc2c1c1ccccc1c1nccn21. The van der Waals surface area contributed by atoms with Crippen molar-refractivity contribution in [2.45, 2.75) is 6.42 Å². The lowest BCUT2D eigenvalue weighted by molar-refractivity contribution is 0.104. The van der Waals surface area contributed by atoms with Gasteiger partial charge in [-0.2, -0.15) is 0 Å². The van der Waals surface area contributed by atoms with E-state index in [2.05, 4.69) is 4.98 Å². The van der Waals surface area contributed by atoms with Crippen molar-refractivity contribution in [3.05, 3.63) is 60.1 Å². The topological polar surface area (TPSA) is 34.4 Å². The van der Waals surface area contributed by atoms with E-state index in [4.69, 9.17) is 0 Å². The van der Waals surface area contributed by atoms with Crippen molar-refractivity contribution in [3.63, 3.8) is 0 Å². The summed E-state index contributed by atoms with van der Waals surface area (Å²) in [5.74, 6) is 0.0862. The minimum atomic E-state index is 0.0862. The fraction of sp³-hybridized carbons (Fsp3) is 0.0667. The van der Waals surface area contributed by atoms with E-state index in [1.54, 1.807) is 12.3 Å². The van der Waals surface area contributed by atoms with Crippen LogP contribution in [-0.2, 0) is 6.42 Å². The normalized spacial score (nSPS) is 14.3. The van der Waals surface area contributed by atoms with Gasteiger partial charge in [0.15, 0.2) is 5.78 Å². The van der Waals surface area contributed by atoms with Gasteiger partial charge < -0.3 is 4.40 Å². The molecule has 0 atom stereocenters. The fourth-order valence-electron chi connectivity index (χ4n) is 2.73. The highest BCUT2D eigenvalue weighted by molar-refractivity contribution is 6.17. The molecule has 3 heteroatoms. The number of benzene rings is 1. The summed E-state index contributed by atoms with van der Waals surface area (Å²) in [5.41, 5.74) is 2.78. The van der Waals surface area contributed by atoms with E-state index >= 15 is 0 Å². The van der Waals surface area contributed by atoms with Crippen molar-refractivity contribution < 1.29 is 4.79 Å². The Labute approximate surface area is 103 Å². The second-order valence-electron chi connectivity index (χ2n) is 4.46. The van der Waals surface area contributed by atoms with Crippen molar-refractivity contribution in [2.24, 2.45) is 0 Å². The van der Waals surface area contributed by atoms with Gasteiger partial charge in [-0.1, -0.05) is 30.3 Å². The van der Waals surface area contributed by atoms with Crippen LogP contribution in [0.3, 0.4) is 0 Å². The molecule has 0 spiro atoms. The molecule has 2 heterocycles. The number of carbonyl (C=O) groups is 1. The van der Waals surface area contributed by atoms with Gasteiger partial charge >= 0.3 is 0 Å². The molecule has 18 heavy (non-hydrogen) atoms. The highest BCUT2D eigenvalue weighted by Crippen LogP contribution is 2.29. The number of aromatic nitrogens is 2. The number of rotatable bonds is 0. The van der Waals surface area contributed by atoms with E-state index in [1.165, 1.54) is 0 Å². The van der Waals surface area contributed by atoms with E-state index in [1.807, 2.05) is 40.9 Å². The largest absolute Gasteiger partial charge is 0.302 e. The van der Waals surface area contributed by atoms with Crippen molar-refractivity contribution in [1.82, 2.24) is 9.38 Å². The molecular formula is C15H10N2O. The van der Waals surface area contributed by atoms with Crippen molar-refractivity contribution >= 4 is 22.2 Å². The first-order valence-electron chi connectivity index (χ1n) is 5.94. The first kappa shape index (κ1) is 9.59. The van der Waals surface area contributed by atoms with Crippen LogP contribution in [0.4, 0.5) is 0 Å². The van der Waals surface area contributed by atoms with Gasteiger partial charge in [0.2, 0.25) is 0 Å². The van der Waals surface area contributed by atoms with Gasteiger partial charge in [0, 0.05) is 29.9 Å². The van der Waals surface area contributed by atoms with Gasteiger partial charge in [0.05, 0.1) is 5.56 Å². The molecule has 86 valence electrons. The number of ketones is 1. The first-order chi connectivity index (χ1) is 8.86. The first-order valence-corrected chi connectivity index (χ1v) is 5.94. The Morgan fingerprint density at radius 2 is 2.00 bits per heavy atom. The Bertz CT molecular complexity index is 827. The van der Waals surface area contributed by atoms with E-state index < -0.39 is 0 Å². The van der Waals surface area contributed by atoms with Gasteiger partial charge in [-0.15, -0.1) is 0 Å². The summed E-state index contributed by atoms with van der Waals surface area (Å²) in [4.78, 5) is 16.6. The van der Waals surface area contributed by atoms with E-state index in [0.717, 1.165) is 34.1 Å². The third-order valence-corrected chi connectivity index (χ3v) is 3.48. The standard InChI is InChI=1S/C15H10N2O/c18-13-7-3-6-12-14(13)10-4-1-2-5-11(10)15-16-8-9-17(12)15/h1-5,7-9H,6H2. The maximum Gasteiger partial charge on any atom is 0.187 e. The van der Waals surface area contributed by atoms with Crippen LogP contribution in [0.2, 0.25) is 0 Å². The second kappa shape index (κ2) is 3.29. The van der Waals surface area contributed by atoms with Crippen LogP contribution in [0.25, 0.3) is 16.4 Å². The molecule has 2 aromatic heterocycles. The minimum absolute atomic E-state index is 0.0862. The molecule has 3 nitrogen and oxygen atoms in total. The summed E-state index contributed by atoms with van der Waals surface area (Å²) in [6.45, 7) is 0. The molecule has 0 aliphatic heterocycles. The van der Waals surface area contributed by atoms with Crippen LogP contribution in [0, 0.1) is 0 Å². The van der Waals surface area contributed by atoms with Crippen molar-refractivity contribution in [1.29, 1.82) is 0 Å². The zero-order chi connectivity index (χ0) is 12.1. The molecule has 0 amide bonds. The molecule has 1 aromatic carbocycles. The third kappa shape index (κ3) is 1.08. The van der Waals surface area contributed by atoms with Crippen LogP contribution in [-0.4, -0.2) is 15.2 Å². The van der Waals surface area contributed by atoms with Crippen molar-refractivity contribution in [2.75, 3.05) is 0 Å². The number of fused-ring (bicyclic) bond motifs is 6. The lowest BCUT2D eigenvalue weighted by atomic mass is 9.95. The molecule has 1 aliphatic carbocycles. The van der Waals surface area contributed by atoms with Gasteiger partial charge in [-0.05, 0) is 11.5 Å². The summed E-state index contributed by atoms with van der Waals surface area (Å²) in [6, 6.07) is 7.96. The zero-order valence-corrected chi connectivity index (χ0v) is 9.63. The second-order valence-corrected chi connectivity index (χ2v) is 4.46. The molecule has 0 saturated carbocycles. The lowest BCUT2D eigenvalue weighted by Gasteiger charge is -2.15. The zero-order valence-electron chi connectivity index (χ0n) is 9.63. The summed E-state index contributed by atoms with van der Waals surface area (Å²) in [6.07, 6.45) is 8.06. The Balaban J connectivity index is 2.33. The number of allylic oxidation sites excluding steroid dienone is 2. The summed E-state index contributed by atoms with van der Waals surface area (Å²) in [5, 5.41) is 2.03. The molecule has 4 rings (SSSR count). The monoisotopic (exact) mass is 234 g/mol. The van der Waals surface area contributed by atoms with Gasteiger partial charge in [-0.3, -0.25) is 4.79 Å². The third-order valence-electron chi connectivity index (χ3n) is 3.48. The summed E-state index contributed by atoms with van der Waals surface area (Å²) >= 11 is 0. The molecule has 3 aromatic rings. The molecular weight excluding hydrogens is 224 g/mol. The number of pyridine rings is 1. The summed E-state index contributed by atoms with van der Waals surface area (Å²) in [7, 11) is 0. The van der Waals surface area contributed by atoms with Crippen LogP contribution in [0.5, 0.6) is 0 Å². The highest BCUT2D eigenvalue weighted by atomic mass is 16.1. The van der Waals surface area contributed by atoms with Gasteiger partial charge in [-0.25, -0.2) is 4.98 Å². The average Bonchev–Trinajstić information content (AvgIpc) is 2.88. The van der Waals surface area contributed by atoms with Crippen LogP contribution in [0.1, 0.15) is 16.1 Å². The Morgan fingerprint density at radius 3 is 2.89 bits per heavy atom. The predicted octanol–water partition coefficient (Wildman–Crippen LogP) is 2.78. The molecule has 0 bridgehead atoms. The molecule has 1 aliphatic rings. The Morgan fingerprint density at radius 1 is 1.17 bits per heavy atom. The maximum absolute atomic E-state index is 12.1. The predicted molar refractivity (Wildman–Crippen MR) is 69.9 cm³/mol. The lowest BCUT2D eigenvalue weighted by Crippen LogP contribution is -2.11. The Kier molecular flexibility index (Phi) is 1.75. The molecule has 0 N–H and O–H groups in total. The minimum Gasteiger partial charge on any atom is -0.302 e. The average molecular weight is 234 g/mol. The molecule has 0 unspecified atom stereocenters. The quantitative estimate of drug-likeness (QED) is 0.599. The van der Waals surface area contributed by atoms with Gasteiger partial charge in [0.25, 0.3) is 0 Å². The highest BCUT2D eigenvalue weighted by Gasteiger charge is 2.20. The van der Waals surface area contributed by atoms with E-state index in [0.29, 0.717) is 0 Å². The molecule has 0 radical (unpaired) electrons. The number of carbonyl (C=O) groups excluding carboxylic acids is 1. The van der Waals surface area contributed by atoms with Crippen LogP contribution >= 0.6 is 0 Å². The smallest absolute Gasteiger partial charge is 0.187 e. The maximum atomic E-state index is 12.1. The summed E-state index contributed by atoms with van der Waals surface area (Å²) < 4.78 is 2.03. The van der Waals surface area contributed by atoms with E-state index in [-0.39, 0.29) is 5.78 Å². The van der Waals surface area contributed by atoms with E-state index in [9.17, 15) is 4.79 Å². The fourth-order valence-corrected chi connectivity index (χ4v) is 2.73. The number of hydrogen-bond acceptors (Lipinski definition) is 2.